The molecule has 1 amide bonds. The van der Waals surface area contributed by atoms with E-state index in [0.717, 1.165) is 22.7 Å². The normalized spacial score (nSPS) is 10.7. The van der Waals surface area contributed by atoms with Gasteiger partial charge in [0.25, 0.3) is 0 Å². The summed E-state index contributed by atoms with van der Waals surface area (Å²) < 4.78 is 7.19. The summed E-state index contributed by atoms with van der Waals surface area (Å²) in [7, 11) is 1.63. The van der Waals surface area contributed by atoms with Crippen LogP contribution in [-0.4, -0.2) is 27.4 Å². The van der Waals surface area contributed by atoms with Gasteiger partial charge in [-0.3, -0.25) is 9.20 Å². The monoisotopic (exact) mass is 359 g/mol. The second-order valence-electron chi connectivity index (χ2n) is 5.91. The van der Waals surface area contributed by atoms with Crippen LogP contribution in [0.4, 0.5) is 11.5 Å². The number of carbonyl (C=O) groups is 1. The Bertz CT molecular complexity index is 1120. The summed E-state index contributed by atoms with van der Waals surface area (Å²) in [4.78, 5) is 20.2. The maximum Gasteiger partial charge on any atom is 0.248 e. The maximum absolute atomic E-state index is 11.3. The van der Waals surface area contributed by atoms with Crippen LogP contribution in [0.2, 0.25) is 0 Å². The van der Waals surface area contributed by atoms with E-state index >= 15 is 0 Å². The van der Waals surface area contributed by atoms with Crippen molar-refractivity contribution in [1.82, 2.24) is 14.4 Å². The molecule has 0 atom stereocenters. The van der Waals surface area contributed by atoms with Crippen LogP contribution in [-0.2, 0) is 0 Å². The van der Waals surface area contributed by atoms with E-state index < -0.39 is 5.91 Å². The summed E-state index contributed by atoms with van der Waals surface area (Å²) >= 11 is 0. The molecule has 4 aromatic rings. The van der Waals surface area contributed by atoms with E-state index in [-0.39, 0.29) is 0 Å². The summed E-state index contributed by atoms with van der Waals surface area (Å²) in [5.74, 6) is 0.932. The topological polar surface area (TPSA) is 94.5 Å². The number of carbonyl (C=O) groups excluding carboxylic acids is 1. The van der Waals surface area contributed by atoms with Gasteiger partial charge in [-0.25, -0.2) is 9.97 Å². The zero-order chi connectivity index (χ0) is 18.8. The Morgan fingerprint density at radius 3 is 2.70 bits per heavy atom. The number of aromatic nitrogens is 3. The van der Waals surface area contributed by atoms with Crippen LogP contribution < -0.4 is 15.8 Å². The van der Waals surface area contributed by atoms with Crippen molar-refractivity contribution >= 4 is 23.1 Å². The quantitative estimate of drug-likeness (QED) is 0.570. The lowest BCUT2D eigenvalue weighted by atomic mass is 10.1. The smallest absolute Gasteiger partial charge is 0.248 e. The molecule has 7 nitrogen and oxygen atoms in total. The highest BCUT2D eigenvalue weighted by Gasteiger charge is 2.11. The van der Waals surface area contributed by atoms with Gasteiger partial charge in [-0.05, 0) is 24.3 Å². The lowest BCUT2D eigenvalue weighted by Crippen LogP contribution is -2.10. The van der Waals surface area contributed by atoms with Gasteiger partial charge in [-0.15, -0.1) is 0 Å². The van der Waals surface area contributed by atoms with E-state index in [0.29, 0.717) is 17.0 Å². The third kappa shape index (κ3) is 3.18. The number of hydrogen-bond acceptors (Lipinski definition) is 5. The fourth-order valence-electron chi connectivity index (χ4n) is 2.86. The first-order valence-electron chi connectivity index (χ1n) is 8.29. The Labute approximate surface area is 155 Å². The van der Waals surface area contributed by atoms with Crippen molar-refractivity contribution in [3.63, 3.8) is 0 Å². The Morgan fingerprint density at radius 2 is 1.96 bits per heavy atom. The van der Waals surface area contributed by atoms with E-state index in [1.165, 1.54) is 0 Å². The van der Waals surface area contributed by atoms with Crippen molar-refractivity contribution in [2.45, 2.75) is 0 Å². The molecular formula is C20H17N5O2. The van der Waals surface area contributed by atoms with Crippen LogP contribution in [0.25, 0.3) is 16.9 Å². The van der Waals surface area contributed by atoms with Crippen molar-refractivity contribution in [2.24, 2.45) is 5.73 Å². The fraction of sp³-hybridized carbons (Fsp3) is 0.0500. The largest absolute Gasteiger partial charge is 0.497 e. The number of ether oxygens (including phenoxy) is 1. The van der Waals surface area contributed by atoms with Gasteiger partial charge in [0.15, 0.2) is 11.5 Å². The molecule has 0 saturated heterocycles. The molecule has 2 aromatic heterocycles. The lowest BCUT2D eigenvalue weighted by Gasteiger charge is -2.11. The minimum Gasteiger partial charge on any atom is -0.497 e. The molecule has 0 aliphatic rings. The Balaban J connectivity index is 1.72. The molecule has 0 fully saturated rings. The first-order valence-corrected chi connectivity index (χ1v) is 8.29. The highest BCUT2D eigenvalue weighted by molar-refractivity contribution is 5.93. The molecule has 0 bridgehead atoms. The number of fused-ring (bicyclic) bond motifs is 1. The molecule has 134 valence electrons. The third-order valence-corrected chi connectivity index (χ3v) is 4.23. The molecule has 2 aromatic carbocycles. The van der Waals surface area contributed by atoms with Crippen LogP contribution in [0.1, 0.15) is 10.4 Å². The van der Waals surface area contributed by atoms with Crippen molar-refractivity contribution in [3.05, 3.63) is 72.7 Å². The molecule has 2 heterocycles. The minimum atomic E-state index is -0.453. The summed E-state index contributed by atoms with van der Waals surface area (Å²) in [5.41, 5.74) is 9.07. The number of anilines is 2. The van der Waals surface area contributed by atoms with Crippen LogP contribution in [0.3, 0.4) is 0 Å². The number of hydrogen-bond donors (Lipinski definition) is 2. The van der Waals surface area contributed by atoms with Gasteiger partial charge < -0.3 is 15.8 Å². The summed E-state index contributed by atoms with van der Waals surface area (Å²) in [6.07, 6.45) is 5.34. The molecular weight excluding hydrogens is 342 g/mol. The molecule has 0 aliphatic heterocycles. The van der Waals surface area contributed by atoms with E-state index in [1.54, 1.807) is 31.6 Å². The van der Waals surface area contributed by atoms with Crippen LogP contribution in [0, 0.1) is 0 Å². The van der Waals surface area contributed by atoms with Crippen LogP contribution >= 0.6 is 0 Å². The van der Waals surface area contributed by atoms with Crippen LogP contribution in [0.5, 0.6) is 5.75 Å². The van der Waals surface area contributed by atoms with Gasteiger partial charge in [-0.2, -0.15) is 0 Å². The number of amides is 1. The minimum absolute atomic E-state index is 0.453. The van der Waals surface area contributed by atoms with Gasteiger partial charge in [0.1, 0.15) is 5.75 Å². The van der Waals surface area contributed by atoms with E-state index in [4.69, 9.17) is 10.5 Å². The SMILES string of the molecule is COc1cccc(Nc2ncc(-c3ccc(C(N)=O)cc3)n3ccnc23)c1. The van der Waals surface area contributed by atoms with Crippen molar-refractivity contribution < 1.29 is 9.53 Å². The maximum atomic E-state index is 11.3. The highest BCUT2D eigenvalue weighted by Crippen LogP contribution is 2.26. The number of nitrogens with two attached hydrogens (primary N) is 1. The number of benzene rings is 2. The number of nitrogens with zero attached hydrogens (tertiary/aromatic N) is 3. The van der Waals surface area contributed by atoms with E-state index in [9.17, 15) is 4.79 Å². The first kappa shape index (κ1) is 16.6. The Morgan fingerprint density at radius 1 is 1.15 bits per heavy atom. The van der Waals surface area contributed by atoms with E-state index in [2.05, 4.69) is 15.3 Å². The second kappa shape index (κ2) is 6.80. The Kier molecular flexibility index (Phi) is 4.18. The standard InChI is InChI=1S/C20H17N5O2/c1-27-16-4-2-3-15(11-16)24-19-20-22-9-10-25(20)17(12-23-19)13-5-7-14(8-6-13)18(21)26/h2-12H,1H3,(H2,21,26)(H,23,24). The Hall–Kier alpha value is -3.87. The number of imidazole rings is 1. The van der Waals surface area contributed by atoms with Gasteiger partial charge in [0.05, 0.1) is 19.0 Å². The van der Waals surface area contributed by atoms with Gasteiger partial charge in [0, 0.05) is 35.3 Å². The van der Waals surface area contributed by atoms with Crippen molar-refractivity contribution in [1.29, 1.82) is 0 Å². The van der Waals surface area contributed by atoms with Crippen LogP contribution in [0.15, 0.2) is 67.1 Å². The summed E-state index contributed by atoms with van der Waals surface area (Å²) in [6, 6.07) is 14.7. The average molecular weight is 359 g/mol. The summed E-state index contributed by atoms with van der Waals surface area (Å²) in [5, 5.41) is 3.27. The zero-order valence-corrected chi connectivity index (χ0v) is 14.6. The molecule has 0 saturated carbocycles. The highest BCUT2D eigenvalue weighted by atomic mass is 16.5. The number of primary amides is 1. The zero-order valence-electron chi connectivity index (χ0n) is 14.6. The number of methoxy groups -OCH3 is 1. The van der Waals surface area contributed by atoms with E-state index in [1.807, 2.05) is 47.0 Å². The van der Waals surface area contributed by atoms with Gasteiger partial charge >= 0.3 is 0 Å². The third-order valence-electron chi connectivity index (χ3n) is 4.23. The molecule has 3 N–H and O–H groups in total. The molecule has 0 aliphatic carbocycles. The van der Waals surface area contributed by atoms with Crippen molar-refractivity contribution in [3.8, 4) is 17.0 Å². The lowest BCUT2D eigenvalue weighted by molar-refractivity contribution is 0.100. The average Bonchev–Trinajstić information content (AvgIpc) is 3.19. The molecule has 0 spiro atoms. The predicted octanol–water partition coefficient (Wildman–Crippen LogP) is 3.25. The molecule has 4 rings (SSSR count). The summed E-state index contributed by atoms with van der Waals surface area (Å²) in [6.45, 7) is 0. The fourth-order valence-corrected chi connectivity index (χ4v) is 2.86. The molecule has 27 heavy (non-hydrogen) atoms. The molecule has 0 unspecified atom stereocenters. The second-order valence-corrected chi connectivity index (χ2v) is 5.91. The first-order chi connectivity index (χ1) is 13.2. The number of nitrogens with one attached hydrogen (secondary N) is 1. The van der Waals surface area contributed by atoms with Gasteiger partial charge in [0.2, 0.25) is 5.91 Å². The van der Waals surface area contributed by atoms with Crippen molar-refractivity contribution in [2.75, 3.05) is 12.4 Å². The van der Waals surface area contributed by atoms with Gasteiger partial charge in [-0.1, -0.05) is 18.2 Å². The molecule has 0 radical (unpaired) electrons. The number of rotatable bonds is 5. The molecule has 7 heteroatoms. The predicted molar refractivity (Wildman–Crippen MR) is 103 cm³/mol.